The van der Waals surface area contributed by atoms with Crippen molar-refractivity contribution in [3.8, 4) is 0 Å². The zero-order valence-electron chi connectivity index (χ0n) is 14.7. The summed E-state index contributed by atoms with van der Waals surface area (Å²) in [4.78, 5) is 18.8. The molecule has 0 aliphatic carbocycles. The van der Waals surface area contributed by atoms with Crippen molar-refractivity contribution in [1.82, 2.24) is 30.1 Å². The van der Waals surface area contributed by atoms with Crippen molar-refractivity contribution in [2.24, 2.45) is 5.92 Å². The molecule has 1 N–H and O–H groups in total. The molecule has 4 heterocycles. The maximum absolute atomic E-state index is 12.6. The zero-order chi connectivity index (χ0) is 17.9. The second-order valence-electron chi connectivity index (χ2n) is 6.57. The van der Waals surface area contributed by atoms with E-state index >= 15 is 0 Å². The first-order valence-electron chi connectivity index (χ1n) is 8.81. The van der Waals surface area contributed by atoms with Crippen LogP contribution >= 0.6 is 0 Å². The topological polar surface area (TPSA) is 88.3 Å². The quantitative estimate of drug-likeness (QED) is 0.764. The number of fused-ring (bicyclic) bond motifs is 1. The van der Waals surface area contributed by atoms with Crippen LogP contribution in [0.2, 0.25) is 0 Å². The van der Waals surface area contributed by atoms with Crippen molar-refractivity contribution in [3.05, 3.63) is 48.0 Å². The zero-order valence-corrected chi connectivity index (χ0v) is 14.7. The van der Waals surface area contributed by atoms with Gasteiger partial charge in [0.05, 0.1) is 5.92 Å². The van der Waals surface area contributed by atoms with Gasteiger partial charge in [-0.25, -0.2) is 0 Å². The van der Waals surface area contributed by atoms with Gasteiger partial charge >= 0.3 is 0 Å². The number of anilines is 1. The minimum absolute atomic E-state index is 0.0417. The fourth-order valence-corrected chi connectivity index (χ4v) is 3.29. The molecule has 134 valence electrons. The Morgan fingerprint density at radius 2 is 2.23 bits per heavy atom. The summed E-state index contributed by atoms with van der Waals surface area (Å²) in [7, 11) is 0. The van der Waals surface area contributed by atoms with Crippen molar-refractivity contribution >= 4 is 17.4 Å². The molecule has 8 nitrogen and oxygen atoms in total. The van der Waals surface area contributed by atoms with E-state index in [9.17, 15) is 4.79 Å². The summed E-state index contributed by atoms with van der Waals surface area (Å²) >= 11 is 0. The standard InChI is InChI=1S/C18H21N7O/c1-13-21-22-16-6-7-17(23-25(13)16)24-9-3-5-15(12-24)18(26)20-11-14-4-2-8-19-10-14/h2,4,6-8,10,15H,3,5,9,11-12H2,1H3,(H,20,26). The second kappa shape index (κ2) is 7.07. The number of hydrogen-bond donors (Lipinski definition) is 1. The van der Waals surface area contributed by atoms with E-state index in [0.717, 1.165) is 42.2 Å². The monoisotopic (exact) mass is 351 g/mol. The summed E-state index contributed by atoms with van der Waals surface area (Å²) in [5.74, 6) is 1.65. The molecule has 1 fully saturated rings. The van der Waals surface area contributed by atoms with E-state index in [1.54, 1.807) is 16.9 Å². The maximum Gasteiger partial charge on any atom is 0.225 e. The fourth-order valence-electron chi connectivity index (χ4n) is 3.29. The van der Waals surface area contributed by atoms with E-state index in [-0.39, 0.29) is 11.8 Å². The minimum Gasteiger partial charge on any atom is -0.354 e. The van der Waals surface area contributed by atoms with Crippen molar-refractivity contribution in [2.45, 2.75) is 26.3 Å². The van der Waals surface area contributed by atoms with Crippen LogP contribution in [0.4, 0.5) is 5.82 Å². The summed E-state index contributed by atoms with van der Waals surface area (Å²) in [5.41, 5.74) is 1.73. The third-order valence-corrected chi connectivity index (χ3v) is 4.71. The van der Waals surface area contributed by atoms with Gasteiger partial charge in [-0.2, -0.15) is 4.52 Å². The van der Waals surface area contributed by atoms with Gasteiger partial charge in [0.25, 0.3) is 0 Å². The Morgan fingerprint density at radius 1 is 1.31 bits per heavy atom. The first-order valence-corrected chi connectivity index (χ1v) is 8.81. The van der Waals surface area contributed by atoms with Crippen molar-refractivity contribution in [3.63, 3.8) is 0 Å². The summed E-state index contributed by atoms with van der Waals surface area (Å²) in [5, 5.41) is 15.8. The molecule has 8 heteroatoms. The Morgan fingerprint density at radius 3 is 3.08 bits per heavy atom. The fraction of sp³-hybridized carbons (Fsp3) is 0.389. The summed E-state index contributed by atoms with van der Waals surface area (Å²) in [6, 6.07) is 7.69. The van der Waals surface area contributed by atoms with Gasteiger partial charge in [-0.15, -0.1) is 15.3 Å². The average Bonchev–Trinajstić information content (AvgIpc) is 3.07. The molecule has 1 aliphatic rings. The van der Waals surface area contributed by atoms with Gasteiger partial charge in [-0.1, -0.05) is 6.07 Å². The number of pyridine rings is 1. The number of aryl methyl sites for hydroxylation is 1. The molecule has 0 radical (unpaired) electrons. The molecule has 1 aliphatic heterocycles. The van der Waals surface area contributed by atoms with E-state index in [1.807, 2.05) is 31.2 Å². The Labute approximate surface area is 151 Å². The SMILES string of the molecule is Cc1nnc2ccc(N3CCCC(C(=O)NCc4cccnc4)C3)nn12. The lowest BCUT2D eigenvalue weighted by Gasteiger charge is -2.32. The van der Waals surface area contributed by atoms with E-state index in [4.69, 9.17) is 0 Å². The molecule has 1 atom stereocenters. The van der Waals surface area contributed by atoms with Crippen LogP contribution in [0.25, 0.3) is 5.65 Å². The highest BCUT2D eigenvalue weighted by Crippen LogP contribution is 2.22. The Balaban J connectivity index is 1.42. The minimum atomic E-state index is -0.0417. The van der Waals surface area contributed by atoms with Gasteiger partial charge in [0.15, 0.2) is 11.5 Å². The maximum atomic E-state index is 12.6. The normalized spacial score (nSPS) is 17.4. The van der Waals surface area contributed by atoms with Crippen LogP contribution in [0.1, 0.15) is 24.2 Å². The lowest BCUT2D eigenvalue weighted by molar-refractivity contribution is -0.125. The molecule has 3 aromatic rings. The number of piperidine rings is 1. The summed E-state index contributed by atoms with van der Waals surface area (Å²) < 4.78 is 1.74. The molecule has 3 aromatic heterocycles. The summed E-state index contributed by atoms with van der Waals surface area (Å²) in [6.45, 7) is 3.94. The number of carbonyl (C=O) groups is 1. The van der Waals surface area contributed by atoms with E-state index in [2.05, 4.69) is 30.5 Å². The number of nitrogens with one attached hydrogen (secondary N) is 1. The first kappa shape index (κ1) is 16.4. The Hall–Kier alpha value is -3.03. The predicted molar refractivity (Wildman–Crippen MR) is 96.5 cm³/mol. The molecule has 1 unspecified atom stereocenters. The van der Waals surface area contributed by atoms with E-state index < -0.39 is 0 Å². The molecule has 26 heavy (non-hydrogen) atoms. The van der Waals surface area contributed by atoms with Gasteiger partial charge in [0.2, 0.25) is 5.91 Å². The molecular weight excluding hydrogens is 330 g/mol. The van der Waals surface area contributed by atoms with Crippen LogP contribution in [0.3, 0.4) is 0 Å². The van der Waals surface area contributed by atoms with Gasteiger partial charge < -0.3 is 10.2 Å². The predicted octanol–water partition coefficient (Wildman–Crippen LogP) is 1.36. The van der Waals surface area contributed by atoms with E-state index in [0.29, 0.717) is 13.1 Å². The van der Waals surface area contributed by atoms with Crippen LogP contribution in [-0.4, -0.2) is 43.8 Å². The third-order valence-electron chi connectivity index (χ3n) is 4.71. The smallest absolute Gasteiger partial charge is 0.225 e. The number of rotatable bonds is 4. The number of aromatic nitrogens is 5. The number of hydrogen-bond acceptors (Lipinski definition) is 6. The number of amides is 1. The van der Waals surface area contributed by atoms with Gasteiger partial charge in [-0.05, 0) is 43.5 Å². The largest absolute Gasteiger partial charge is 0.354 e. The van der Waals surface area contributed by atoms with Crippen molar-refractivity contribution in [2.75, 3.05) is 18.0 Å². The van der Waals surface area contributed by atoms with Gasteiger partial charge in [0.1, 0.15) is 5.82 Å². The molecular formula is C18H21N7O. The average molecular weight is 351 g/mol. The Kier molecular flexibility index (Phi) is 4.47. The summed E-state index contributed by atoms with van der Waals surface area (Å²) in [6.07, 6.45) is 5.36. The molecule has 0 bridgehead atoms. The highest BCUT2D eigenvalue weighted by atomic mass is 16.1. The molecule has 0 saturated carbocycles. The first-order chi connectivity index (χ1) is 12.7. The molecule has 0 spiro atoms. The van der Waals surface area contributed by atoms with Crippen LogP contribution in [0, 0.1) is 12.8 Å². The van der Waals surface area contributed by atoms with E-state index in [1.165, 1.54) is 0 Å². The lowest BCUT2D eigenvalue weighted by atomic mass is 9.97. The van der Waals surface area contributed by atoms with Crippen LogP contribution in [0.15, 0.2) is 36.7 Å². The molecule has 4 rings (SSSR count). The highest BCUT2D eigenvalue weighted by Gasteiger charge is 2.26. The molecule has 1 saturated heterocycles. The van der Waals surface area contributed by atoms with Gasteiger partial charge in [-0.3, -0.25) is 9.78 Å². The van der Waals surface area contributed by atoms with Crippen LogP contribution in [0.5, 0.6) is 0 Å². The number of carbonyl (C=O) groups excluding carboxylic acids is 1. The van der Waals surface area contributed by atoms with Gasteiger partial charge in [0, 0.05) is 32.0 Å². The molecule has 1 amide bonds. The van der Waals surface area contributed by atoms with Crippen molar-refractivity contribution < 1.29 is 4.79 Å². The number of nitrogens with zero attached hydrogens (tertiary/aromatic N) is 6. The third kappa shape index (κ3) is 3.35. The van der Waals surface area contributed by atoms with Crippen LogP contribution in [-0.2, 0) is 11.3 Å². The second-order valence-corrected chi connectivity index (χ2v) is 6.57. The van der Waals surface area contributed by atoms with Crippen LogP contribution < -0.4 is 10.2 Å². The highest BCUT2D eigenvalue weighted by molar-refractivity contribution is 5.79. The molecule has 0 aromatic carbocycles. The lowest BCUT2D eigenvalue weighted by Crippen LogP contribution is -2.43. The Bertz CT molecular complexity index is 908. The van der Waals surface area contributed by atoms with Crippen molar-refractivity contribution in [1.29, 1.82) is 0 Å².